The van der Waals surface area contributed by atoms with Crippen LogP contribution in [-0.2, 0) is 0 Å². The predicted molar refractivity (Wildman–Crippen MR) is 77.4 cm³/mol. The number of aromatic amines is 1. The van der Waals surface area contributed by atoms with Crippen LogP contribution in [0.3, 0.4) is 0 Å². The molecular formula is C15H19N3O. The van der Waals surface area contributed by atoms with Crippen LogP contribution in [0.5, 0.6) is 0 Å². The summed E-state index contributed by atoms with van der Waals surface area (Å²) in [6.45, 7) is 6.08. The van der Waals surface area contributed by atoms with Crippen molar-refractivity contribution in [1.82, 2.24) is 9.97 Å². The topological polar surface area (TPSA) is 57.8 Å². The predicted octanol–water partition coefficient (Wildman–Crippen LogP) is 3.07. The minimum absolute atomic E-state index is 0.0896. The largest absolute Gasteiger partial charge is 0.349 e. The Morgan fingerprint density at radius 2 is 1.84 bits per heavy atom. The normalized spacial score (nSPS) is 12.4. The molecule has 2 N–H and O–H groups in total. The van der Waals surface area contributed by atoms with E-state index in [0.29, 0.717) is 5.95 Å². The summed E-state index contributed by atoms with van der Waals surface area (Å²) in [5.41, 5.74) is 1.83. The van der Waals surface area contributed by atoms with Crippen molar-refractivity contribution in [2.75, 3.05) is 5.32 Å². The number of rotatable bonds is 4. The number of nitrogens with zero attached hydrogens (tertiary/aromatic N) is 1. The third kappa shape index (κ3) is 3.44. The van der Waals surface area contributed by atoms with Crippen LogP contribution in [0.25, 0.3) is 0 Å². The van der Waals surface area contributed by atoms with Crippen molar-refractivity contribution in [3.8, 4) is 0 Å². The average molecular weight is 257 g/mol. The molecule has 1 atom stereocenters. The zero-order chi connectivity index (χ0) is 13.8. The Labute approximate surface area is 112 Å². The van der Waals surface area contributed by atoms with Crippen LogP contribution in [0.1, 0.15) is 44.0 Å². The first-order valence-corrected chi connectivity index (χ1v) is 6.49. The van der Waals surface area contributed by atoms with Gasteiger partial charge in [-0.05, 0) is 18.4 Å². The van der Waals surface area contributed by atoms with Gasteiger partial charge in [0.05, 0.1) is 11.7 Å². The Morgan fingerprint density at radius 3 is 2.47 bits per heavy atom. The van der Waals surface area contributed by atoms with E-state index in [1.807, 2.05) is 51.1 Å². The van der Waals surface area contributed by atoms with E-state index in [9.17, 15) is 4.79 Å². The van der Waals surface area contributed by atoms with Crippen molar-refractivity contribution >= 4 is 5.95 Å². The molecule has 1 aromatic heterocycles. The summed E-state index contributed by atoms with van der Waals surface area (Å²) in [6.07, 6.45) is 0. The molecule has 0 amide bonds. The Hall–Kier alpha value is -2.10. The molecule has 1 aromatic carbocycles. The van der Waals surface area contributed by atoms with Crippen LogP contribution in [0.4, 0.5) is 5.95 Å². The fraction of sp³-hybridized carbons (Fsp3) is 0.333. The molecule has 19 heavy (non-hydrogen) atoms. The number of aromatic nitrogens is 2. The molecule has 4 nitrogen and oxygen atoms in total. The number of anilines is 1. The molecule has 0 saturated heterocycles. The summed E-state index contributed by atoms with van der Waals surface area (Å²) in [4.78, 5) is 18.8. The molecular weight excluding hydrogens is 238 g/mol. The van der Waals surface area contributed by atoms with Gasteiger partial charge in [-0.1, -0.05) is 44.2 Å². The van der Waals surface area contributed by atoms with Gasteiger partial charge in [0.2, 0.25) is 5.95 Å². The van der Waals surface area contributed by atoms with Gasteiger partial charge in [0.25, 0.3) is 5.56 Å². The SMILES string of the molecule is CC(C)c1cc(=O)[nH]c(NC(C)c2ccccc2)n1. The molecule has 1 heterocycles. The van der Waals surface area contributed by atoms with Crippen molar-refractivity contribution in [3.05, 3.63) is 58.0 Å². The maximum Gasteiger partial charge on any atom is 0.252 e. The van der Waals surface area contributed by atoms with E-state index in [0.717, 1.165) is 11.3 Å². The van der Waals surface area contributed by atoms with E-state index in [4.69, 9.17) is 0 Å². The zero-order valence-corrected chi connectivity index (χ0v) is 11.5. The number of nitrogens with one attached hydrogen (secondary N) is 2. The molecule has 2 aromatic rings. The van der Waals surface area contributed by atoms with Crippen molar-refractivity contribution in [2.45, 2.75) is 32.7 Å². The molecule has 0 aliphatic rings. The first kappa shape index (κ1) is 13.3. The monoisotopic (exact) mass is 257 g/mol. The van der Waals surface area contributed by atoms with Gasteiger partial charge < -0.3 is 5.32 Å². The lowest BCUT2D eigenvalue weighted by Gasteiger charge is -2.15. The van der Waals surface area contributed by atoms with E-state index in [1.165, 1.54) is 0 Å². The smallest absolute Gasteiger partial charge is 0.252 e. The van der Waals surface area contributed by atoms with Crippen LogP contribution in [-0.4, -0.2) is 9.97 Å². The highest BCUT2D eigenvalue weighted by atomic mass is 16.1. The molecule has 0 fully saturated rings. The van der Waals surface area contributed by atoms with E-state index < -0.39 is 0 Å². The zero-order valence-electron chi connectivity index (χ0n) is 11.5. The van der Waals surface area contributed by atoms with Gasteiger partial charge in [-0.2, -0.15) is 0 Å². The van der Waals surface area contributed by atoms with Crippen LogP contribution < -0.4 is 10.9 Å². The van der Waals surface area contributed by atoms with E-state index >= 15 is 0 Å². The van der Waals surface area contributed by atoms with Gasteiger partial charge in [0, 0.05) is 6.07 Å². The fourth-order valence-electron chi connectivity index (χ4n) is 1.87. The van der Waals surface area contributed by atoms with E-state index in [2.05, 4.69) is 15.3 Å². The summed E-state index contributed by atoms with van der Waals surface area (Å²) >= 11 is 0. The van der Waals surface area contributed by atoms with Gasteiger partial charge >= 0.3 is 0 Å². The second-order valence-electron chi connectivity index (χ2n) is 4.95. The second-order valence-corrected chi connectivity index (χ2v) is 4.95. The maximum absolute atomic E-state index is 11.6. The first-order valence-electron chi connectivity index (χ1n) is 6.49. The highest BCUT2D eigenvalue weighted by Gasteiger charge is 2.09. The number of hydrogen-bond acceptors (Lipinski definition) is 3. The van der Waals surface area contributed by atoms with Crippen molar-refractivity contribution < 1.29 is 0 Å². The molecule has 0 spiro atoms. The van der Waals surface area contributed by atoms with E-state index in [-0.39, 0.29) is 17.5 Å². The molecule has 1 unspecified atom stereocenters. The van der Waals surface area contributed by atoms with E-state index in [1.54, 1.807) is 6.07 Å². The molecule has 0 saturated carbocycles. The van der Waals surface area contributed by atoms with Crippen LogP contribution >= 0.6 is 0 Å². The molecule has 2 rings (SSSR count). The van der Waals surface area contributed by atoms with Crippen LogP contribution in [0.2, 0.25) is 0 Å². The Bertz CT molecular complexity index is 590. The third-order valence-electron chi connectivity index (χ3n) is 3.01. The lowest BCUT2D eigenvalue weighted by molar-refractivity contribution is 0.794. The molecule has 0 radical (unpaired) electrons. The van der Waals surface area contributed by atoms with Gasteiger partial charge in [-0.15, -0.1) is 0 Å². The van der Waals surface area contributed by atoms with Gasteiger partial charge in [0.1, 0.15) is 0 Å². The van der Waals surface area contributed by atoms with Crippen LogP contribution in [0, 0.1) is 0 Å². The summed E-state index contributed by atoms with van der Waals surface area (Å²) in [5.74, 6) is 0.752. The minimum atomic E-state index is -0.124. The third-order valence-corrected chi connectivity index (χ3v) is 3.01. The minimum Gasteiger partial charge on any atom is -0.349 e. The number of hydrogen-bond donors (Lipinski definition) is 2. The van der Waals surface area contributed by atoms with Crippen molar-refractivity contribution in [3.63, 3.8) is 0 Å². The summed E-state index contributed by atoms with van der Waals surface area (Å²) in [5, 5.41) is 3.23. The quantitative estimate of drug-likeness (QED) is 0.885. The van der Waals surface area contributed by atoms with Gasteiger partial charge in [0.15, 0.2) is 0 Å². The standard InChI is InChI=1S/C15H19N3O/c1-10(2)13-9-14(19)18-15(17-13)16-11(3)12-7-5-4-6-8-12/h4-11H,1-3H3,(H2,16,17,18,19). The van der Waals surface area contributed by atoms with Crippen molar-refractivity contribution in [2.24, 2.45) is 0 Å². The summed E-state index contributed by atoms with van der Waals surface area (Å²) < 4.78 is 0. The van der Waals surface area contributed by atoms with Gasteiger partial charge in [-0.3, -0.25) is 9.78 Å². The summed E-state index contributed by atoms with van der Waals surface area (Å²) in [6, 6.07) is 11.7. The molecule has 0 bridgehead atoms. The Kier molecular flexibility index (Phi) is 4.00. The molecule has 0 aliphatic heterocycles. The molecule has 4 heteroatoms. The first-order chi connectivity index (χ1) is 9.06. The maximum atomic E-state index is 11.6. The second kappa shape index (κ2) is 5.69. The Balaban J connectivity index is 2.22. The highest BCUT2D eigenvalue weighted by molar-refractivity contribution is 5.32. The molecule has 0 aliphatic carbocycles. The number of benzene rings is 1. The lowest BCUT2D eigenvalue weighted by atomic mass is 10.1. The van der Waals surface area contributed by atoms with Gasteiger partial charge in [-0.25, -0.2) is 4.98 Å². The van der Waals surface area contributed by atoms with Crippen molar-refractivity contribution in [1.29, 1.82) is 0 Å². The molecule has 100 valence electrons. The lowest BCUT2D eigenvalue weighted by Crippen LogP contribution is -2.16. The Morgan fingerprint density at radius 1 is 1.16 bits per heavy atom. The summed E-state index contributed by atoms with van der Waals surface area (Å²) in [7, 11) is 0. The number of H-pyrrole nitrogens is 1. The highest BCUT2D eigenvalue weighted by Crippen LogP contribution is 2.17. The average Bonchev–Trinajstić information content (AvgIpc) is 2.39. The fourth-order valence-corrected chi connectivity index (χ4v) is 1.87. The van der Waals surface area contributed by atoms with Crippen LogP contribution in [0.15, 0.2) is 41.2 Å².